The van der Waals surface area contributed by atoms with E-state index in [2.05, 4.69) is 28.2 Å². The standard InChI is InChI=1S/C12H15BrFNO/c1-3-5-8(2)15-12(16)9-6-4-7-10(14)11(9)13/h4,6-8H,3,5H2,1-2H3,(H,15,16). The summed E-state index contributed by atoms with van der Waals surface area (Å²) in [6, 6.07) is 4.55. The van der Waals surface area contributed by atoms with Gasteiger partial charge >= 0.3 is 0 Å². The van der Waals surface area contributed by atoms with E-state index in [9.17, 15) is 9.18 Å². The van der Waals surface area contributed by atoms with Crippen LogP contribution < -0.4 is 5.32 Å². The fraction of sp³-hybridized carbons (Fsp3) is 0.417. The van der Waals surface area contributed by atoms with Crippen molar-refractivity contribution >= 4 is 21.8 Å². The summed E-state index contributed by atoms with van der Waals surface area (Å²) in [4.78, 5) is 11.8. The van der Waals surface area contributed by atoms with Crippen LogP contribution in [-0.2, 0) is 0 Å². The smallest absolute Gasteiger partial charge is 0.252 e. The van der Waals surface area contributed by atoms with Crippen LogP contribution in [0.1, 0.15) is 37.0 Å². The van der Waals surface area contributed by atoms with E-state index in [1.165, 1.54) is 12.1 Å². The Hall–Kier alpha value is -0.900. The number of amides is 1. The van der Waals surface area contributed by atoms with Crippen LogP contribution in [0.5, 0.6) is 0 Å². The topological polar surface area (TPSA) is 29.1 Å². The van der Waals surface area contributed by atoms with Gasteiger partial charge in [-0.2, -0.15) is 0 Å². The summed E-state index contributed by atoms with van der Waals surface area (Å²) in [5.41, 5.74) is 0.336. The van der Waals surface area contributed by atoms with Crippen LogP contribution in [0, 0.1) is 5.82 Å². The number of carbonyl (C=O) groups is 1. The summed E-state index contributed by atoms with van der Waals surface area (Å²) < 4.78 is 13.4. The van der Waals surface area contributed by atoms with Crippen molar-refractivity contribution in [1.29, 1.82) is 0 Å². The van der Waals surface area contributed by atoms with Gasteiger partial charge in [-0.1, -0.05) is 19.4 Å². The molecular weight excluding hydrogens is 273 g/mol. The van der Waals surface area contributed by atoms with Crippen LogP contribution in [0.3, 0.4) is 0 Å². The van der Waals surface area contributed by atoms with Crippen molar-refractivity contribution in [3.05, 3.63) is 34.1 Å². The zero-order chi connectivity index (χ0) is 12.1. The molecule has 4 heteroatoms. The first-order valence-corrected chi connectivity index (χ1v) is 6.10. The molecule has 1 aromatic rings. The molecule has 1 amide bonds. The predicted molar refractivity (Wildman–Crippen MR) is 65.9 cm³/mol. The van der Waals surface area contributed by atoms with E-state index < -0.39 is 5.82 Å². The Kier molecular flexibility index (Phi) is 4.93. The second kappa shape index (κ2) is 5.99. The zero-order valence-corrected chi connectivity index (χ0v) is 11.0. The molecule has 0 aliphatic carbocycles. The van der Waals surface area contributed by atoms with Gasteiger partial charge in [0.05, 0.1) is 10.0 Å². The molecule has 0 radical (unpaired) electrons. The van der Waals surface area contributed by atoms with Crippen LogP contribution in [0.4, 0.5) is 4.39 Å². The Morgan fingerprint density at radius 1 is 1.56 bits per heavy atom. The van der Waals surface area contributed by atoms with Crippen molar-refractivity contribution in [3.63, 3.8) is 0 Å². The molecule has 0 fully saturated rings. The molecule has 0 saturated carbocycles. The molecule has 1 unspecified atom stereocenters. The fourth-order valence-electron chi connectivity index (χ4n) is 1.49. The summed E-state index contributed by atoms with van der Waals surface area (Å²) in [5, 5.41) is 2.83. The zero-order valence-electron chi connectivity index (χ0n) is 9.39. The number of hydrogen-bond donors (Lipinski definition) is 1. The van der Waals surface area contributed by atoms with Crippen molar-refractivity contribution in [3.8, 4) is 0 Å². The SMILES string of the molecule is CCCC(C)NC(=O)c1cccc(F)c1Br. The number of rotatable bonds is 4. The van der Waals surface area contributed by atoms with Gasteiger partial charge in [0.15, 0.2) is 0 Å². The molecular formula is C12H15BrFNO. The number of benzene rings is 1. The molecule has 1 rings (SSSR count). The lowest BCUT2D eigenvalue weighted by atomic mass is 10.1. The Labute approximate surface area is 103 Å². The lowest BCUT2D eigenvalue weighted by Crippen LogP contribution is -2.32. The van der Waals surface area contributed by atoms with E-state index in [0.29, 0.717) is 5.56 Å². The highest BCUT2D eigenvalue weighted by Gasteiger charge is 2.14. The van der Waals surface area contributed by atoms with Crippen molar-refractivity contribution in [2.45, 2.75) is 32.7 Å². The highest BCUT2D eigenvalue weighted by atomic mass is 79.9. The molecule has 0 saturated heterocycles. The lowest BCUT2D eigenvalue weighted by molar-refractivity contribution is 0.0937. The first-order chi connectivity index (χ1) is 7.56. The summed E-state index contributed by atoms with van der Waals surface area (Å²) in [5.74, 6) is -0.664. The van der Waals surface area contributed by atoms with Crippen molar-refractivity contribution in [1.82, 2.24) is 5.32 Å². The Morgan fingerprint density at radius 2 is 2.25 bits per heavy atom. The predicted octanol–water partition coefficient (Wildman–Crippen LogP) is 3.51. The third-order valence-corrected chi connectivity index (χ3v) is 3.10. The van der Waals surface area contributed by atoms with E-state index in [4.69, 9.17) is 0 Å². The molecule has 88 valence electrons. The average Bonchev–Trinajstić information content (AvgIpc) is 2.22. The molecule has 1 atom stereocenters. The van der Waals surface area contributed by atoms with Gasteiger partial charge in [0.2, 0.25) is 0 Å². The van der Waals surface area contributed by atoms with Gasteiger partial charge in [-0.05, 0) is 41.4 Å². The maximum atomic E-state index is 13.2. The third kappa shape index (κ3) is 3.30. The molecule has 1 N–H and O–H groups in total. The van der Waals surface area contributed by atoms with Crippen molar-refractivity contribution in [2.75, 3.05) is 0 Å². The molecule has 1 aromatic carbocycles. The van der Waals surface area contributed by atoms with Crippen LogP contribution in [-0.4, -0.2) is 11.9 Å². The molecule has 0 aliphatic rings. The second-order valence-electron chi connectivity index (χ2n) is 3.76. The molecule has 0 aliphatic heterocycles. The normalized spacial score (nSPS) is 12.2. The summed E-state index contributed by atoms with van der Waals surface area (Å²) in [6.07, 6.45) is 1.92. The average molecular weight is 288 g/mol. The van der Waals surface area contributed by atoms with Gasteiger partial charge in [-0.15, -0.1) is 0 Å². The maximum absolute atomic E-state index is 13.2. The molecule has 0 spiro atoms. The largest absolute Gasteiger partial charge is 0.350 e. The number of nitrogens with one attached hydrogen (secondary N) is 1. The summed E-state index contributed by atoms with van der Waals surface area (Å²) in [6.45, 7) is 4.00. The molecule has 0 bridgehead atoms. The van der Waals surface area contributed by atoms with E-state index in [1.54, 1.807) is 6.07 Å². The van der Waals surface area contributed by atoms with Gasteiger partial charge in [0.1, 0.15) is 5.82 Å². The highest BCUT2D eigenvalue weighted by Crippen LogP contribution is 2.20. The van der Waals surface area contributed by atoms with E-state index in [0.717, 1.165) is 12.8 Å². The minimum atomic E-state index is -0.421. The van der Waals surface area contributed by atoms with Crippen LogP contribution >= 0.6 is 15.9 Å². The number of hydrogen-bond acceptors (Lipinski definition) is 1. The van der Waals surface area contributed by atoms with Crippen molar-refractivity contribution in [2.24, 2.45) is 0 Å². The maximum Gasteiger partial charge on any atom is 0.252 e. The van der Waals surface area contributed by atoms with Crippen LogP contribution in [0.25, 0.3) is 0 Å². The Bertz CT molecular complexity index is 381. The van der Waals surface area contributed by atoms with Gasteiger partial charge in [-0.3, -0.25) is 4.79 Å². The first kappa shape index (κ1) is 13.2. The first-order valence-electron chi connectivity index (χ1n) is 5.31. The van der Waals surface area contributed by atoms with Gasteiger partial charge in [0.25, 0.3) is 5.91 Å². The fourth-order valence-corrected chi connectivity index (χ4v) is 1.93. The summed E-state index contributed by atoms with van der Waals surface area (Å²) in [7, 11) is 0. The molecule has 16 heavy (non-hydrogen) atoms. The third-order valence-electron chi connectivity index (χ3n) is 2.30. The number of halogens is 2. The second-order valence-corrected chi connectivity index (χ2v) is 4.56. The van der Waals surface area contributed by atoms with E-state index in [1.807, 2.05) is 6.92 Å². The van der Waals surface area contributed by atoms with Crippen LogP contribution in [0.15, 0.2) is 22.7 Å². The molecule has 0 aromatic heterocycles. The Morgan fingerprint density at radius 3 is 2.88 bits per heavy atom. The van der Waals surface area contributed by atoms with Gasteiger partial charge < -0.3 is 5.32 Å². The monoisotopic (exact) mass is 287 g/mol. The quantitative estimate of drug-likeness (QED) is 0.902. The minimum Gasteiger partial charge on any atom is -0.350 e. The van der Waals surface area contributed by atoms with Crippen LogP contribution in [0.2, 0.25) is 0 Å². The highest BCUT2D eigenvalue weighted by molar-refractivity contribution is 9.10. The minimum absolute atomic E-state index is 0.104. The summed E-state index contributed by atoms with van der Waals surface area (Å²) >= 11 is 3.07. The molecule has 2 nitrogen and oxygen atoms in total. The van der Waals surface area contributed by atoms with E-state index in [-0.39, 0.29) is 16.4 Å². The van der Waals surface area contributed by atoms with Gasteiger partial charge in [-0.25, -0.2) is 4.39 Å². The van der Waals surface area contributed by atoms with Crippen molar-refractivity contribution < 1.29 is 9.18 Å². The Balaban J connectivity index is 2.77. The lowest BCUT2D eigenvalue weighted by Gasteiger charge is -2.13. The van der Waals surface area contributed by atoms with E-state index >= 15 is 0 Å². The molecule has 0 heterocycles. The number of carbonyl (C=O) groups excluding carboxylic acids is 1. The van der Waals surface area contributed by atoms with Gasteiger partial charge in [0, 0.05) is 6.04 Å².